The predicted octanol–water partition coefficient (Wildman–Crippen LogP) is 4.82. The lowest BCUT2D eigenvalue weighted by Gasteiger charge is -2.10. The minimum Gasteiger partial charge on any atom is -0.0889 e. The van der Waals surface area contributed by atoms with Crippen LogP contribution in [0, 0.1) is 0 Å². The van der Waals surface area contributed by atoms with Gasteiger partial charge in [-0.05, 0) is 30.0 Å². The Balaban J connectivity index is 2.47. The van der Waals surface area contributed by atoms with Gasteiger partial charge in [-0.1, -0.05) is 74.4 Å². The van der Waals surface area contributed by atoms with E-state index in [-0.39, 0.29) is 7.92 Å². The lowest BCUT2D eigenvalue weighted by molar-refractivity contribution is 1.55. The molecule has 0 spiro atoms. The van der Waals surface area contributed by atoms with Gasteiger partial charge in [0.25, 0.3) is 0 Å². The molecule has 1 heteroatoms. The van der Waals surface area contributed by atoms with E-state index in [1.165, 1.54) is 16.7 Å². The molecule has 0 fully saturated rings. The van der Waals surface area contributed by atoms with Crippen LogP contribution in [0.1, 0.15) is 11.1 Å². The Labute approximate surface area is 105 Å². The highest BCUT2D eigenvalue weighted by Gasteiger charge is 2.04. The second kappa shape index (κ2) is 5.80. The van der Waals surface area contributed by atoms with Gasteiger partial charge in [-0.15, -0.1) is 0 Å². The molecule has 86 valence electrons. The topological polar surface area (TPSA) is 0 Å². The minimum atomic E-state index is -0.0491. The third-order valence-corrected chi connectivity index (χ3v) is 3.33. The summed E-state index contributed by atoms with van der Waals surface area (Å²) in [6, 6.07) is 21.2. The van der Waals surface area contributed by atoms with Crippen LogP contribution in [0.2, 0.25) is 0 Å². The smallest absolute Gasteiger partial charge is 0.0107 e. The van der Waals surface area contributed by atoms with Crippen LogP contribution in [0.5, 0.6) is 0 Å². The molecule has 0 atom stereocenters. The molecule has 0 aliphatic carbocycles. The van der Waals surface area contributed by atoms with Crippen molar-refractivity contribution in [2.75, 3.05) is 13.3 Å². The number of rotatable bonds is 3. The van der Waals surface area contributed by atoms with Crippen molar-refractivity contribution in [2.45, 2.75) is 0 Å². The molecule has 0 heterocycles. The molecule has 0 aliphatic heterocycles. The van der Waals surface area contributed by atoms with E-state index >= 15 is 0 Å². The van der Waals surface area contributed by atoms with Gasteiger partial charge >= 0.3 is 0 Å². The fraction of sp³-hybridized carbons (Fsp3) is 0.125. The Morgan fingerprint density at radius 3 is 1.53 bits per heavy atom. The highest BCUT2D eigenvalue weighted by molar-refractivity contribution is 7.59. The summed E-state index contributed by atoms with van der Waals surface area (Å²) in [6.45, 7) is 4.56. The van der Waals surface area contributed by atoms with Crippen molar-refractivity contribution < 1.29 is 0 Å². The van der Waals surface area contributed by atoms with Gasteiger partial charge in [0.1, 0.15) is 0 Å². The van der Waals surface area contributed by atoms with Crippen LogP contribution in [0.4, 0.5) is 0 Å². The summed E-state index contributed by atoms with van der Waals surface area (Å²) in [4.78, 5) is 0. The van der Waals surface area contributed by atoms with Gasteiger partial charge < -0.3 is 0 Å². The normalized spacial score (nSPS) is 10.3. The van der Waals surface area contributed by atoms with E-state index in [9.17, 15) is 0 Å². The fourth-order valence-electron chi connectivity index (χ4n) is 1.81. The summed E-state index contributed by atoms with van der Waals surface area (Å²) in [5.41, 5.74) is 3.95. The standard InChI is InChI=1S/C16H17P/c1-17(2)13-16(14-9-5-3-6-10-14)15-11-7-4-8-12-15/h3-13H,1-2H3. The second-order valence-corrected chi connectivity index (χ2v) is 6.42. The van der Waals surface area contributed by atoms with Crippen molar-refractivity contribution in [1.82, 2.24) is 0 Å². The number of benzene rings is 2. The third kappa shape index (κ3) is 3.28. The SMILES string of the molecule is CP(C)C=C(c1ccccc1)c1ccccc1. The second-order valence-electron chi connectivity index (χ2n) is 4.24. The van der Waals surface area contributed by atoms with Crippen molar-refractivity contribution in [3.63, 3.8) is 0 Å². The van der Waals surface area contributed by atoms with Crippen LogP contribution in [-0.2, 0) is 0 Å². The molecule has 2 rings (SSSR count). The van der Waals surface area contributed by atoms with Crippen LogP contribution in [-0.4, -0.2) is 13.3 Å². The maximum atomic E-state index is 2.39. The van der Waals surface area contributed by atoms with Gasteiger partial charge in [-0.2, -0.15) is 0 Å². The summed E-state index contributed by atoms with van der Waals surface area (Å²) in [7, 11) is -0.0491. The first kappa shape index (κ1) is 12.1. The van der Waals surface area contributed by atoms with E-state index in [0.29, 0.717) is 0 Å². The monoisotopic (exact) mass is 240 g/mol. The molecule has 0 aromatic heterocycles. The van der Waals surface area contributed by atoms with E-state index in [0.717, 1.165) is 0 Å². The highest BCUT2D eigenvalue weighted by Crippen LogP contribution is 2.34. The molecule has 0 unspecified atom stereocenters. The van der Waals surface area contributed by atoms with Crippen LogP contribution in [0.3, 0.4) is 0 Å². The van der Waals surface area contributed by atoms with Crippen molar-refractivity contribution in [3.05, 3.63) is 77.6 Å². The van der Waals surface area contributed by atoms with E-state index in [1.807, 2.05) is 0 Å². The highest BCUT2D eigenvalue weighted by atomic mass is 31.1. The Morgan fingerprint density at radius 2 is 1.18 bits per heavy atom. The summed E-state index contributed by atoms with van der Waals surface area (Å²) in [5.74, 6) is 2.39. The maximum absolute atomic E-state index is 2.39. The van der Waals surface area contributed by atoms with Crippen molar-refractivity contribution in [2.24, 2.45) is 0 Å². The first-order chi connectivity index (χ1) is 8.27. The maximum Gasteiger partial charge on any atom is -0.0107 e. The van der Waals surface area contributed by atoms with Crippen LogP contribution in [0.15, 0.2) is 66.5 Å². The molecule has 0 saturated carbocycles. The molecule has 0 amide bonds. The minimum absolute atomic E-state index is 0.0491. The lowest BCUT2D eigenvalue weighted by Crippen LogP contribution is -1.86. The molecule has 0 aliphatic rings. The van der Waals surface area contributed by atoms with Crippen molar-refractivity contribution >= 4 is 13.5 Å². The van der Waals surface area contributed by atoms with E-state index < -0.39 is 0 Å². The van der Waals surface area contributed by atoms with Crippen molar-refractivity contribution in [1.29, 1.82) is 0 Å². The van der Waals surface area contributed by atoms with E-state index in [4.69, 9.17) is 0 Å². The molecule has 0 saturated heterocycles. The number of hydrogen-bond donors (Lipinski definition) is 0. The zero-order chi connectivity index (χ0) is 12.1. The molecule has 17 heavy (non-hydrogen) atoms. The van der Waals surface area contributed by atoms with E-state index in [1.54, 1.807) is 0 Å². The quantitative estimate of drug-likeness (QED) is 0.675. The average Bonchev–Trinajstić information content (AvgIpc) is 2.38. The van der Waals surface area contributed by atoms with E-state index in [2.05, 4.69) is 79.8 Å². The Bertz CT molecular complexity index is 442. The van der Waals surface area contributed by atoms with Gasteiger partial charge in [0, 0.05) is 0 Å². The zero-order valence-corrected chi connectivity index (χ0v) is 11.2. The fourth-order valence-corrected chi connectivity index (χ4v) is 2.62. The summed E-state index contributed by atoms with van der Waals surface area (Å²) < 4.78 is 0. The average molecular weight is 240 g/mol. The molecule has 0 N–H and O–H groups in total. The van der Waals surface area contributed by atoms with Gasteiger partial charge in [0.2, 0.25) is 0 Å². The van der Waals surface area contributed by atoms with Gasteiger partial charge in [-0.3, -0.25) is 0 Å². The first-order valence-electron chi connectivity index (χ1n) is 5.76. The number of hydrogen-bond acceptors (Lipinski definition) is 0. The molecule has 2 aromatic carbocycles. The summed E-state index contributed by atoms with van der Waals surface area (Å²) in [5, 5.41) is 0. The Kier molecular flexibility index (Phi) is 4.12. The molecular formula is C16H17P. The largest absolute Gasteiger partial charge is 0.0889 e. The Hall–Kier alpha value is -1.39. The van der Waals surface area contributed by atoms with Gasteiger partial charge in [0.15, 0.2) is 0 Å². The molecule has 0 nitrogen and oxygen atoms in total. The van der Waals surface area contributed by atoms with Gasteiger partial charge in [0.05, 0.1) is 0 Å². The predicted molar refractivity (Wildman–Crippen MR) is 78.7 cm³/mol. The van der Waals surface area contributed by atoms with Crippen LogP contribution >= 0.6 is 7.92 Å². The lowest BCUT2D eigenvalue weighted by atomic mass is 10.00. The van der Waals surface area contributed by atoms with Gasteiger partial charge in [-0.25, -0.2) is 0 Å². The zero-order valence-electron chi connectivity index (χ0n) is 10.3. The summed E-state index contributed by atoms with van der Waals surface area (Å²) >= 11 is 0. The Morgan fingerprint density at radius 1 is 0.765 bits per heavy atom. The molecule has 2 aromatic rings. The molecular weight excluding hydrogens is 223 g/mol. The first-order valence-corrected chi connectivity index (χ1v) is 8.07. The van der Waals surface area contributed by atoms with Crippen LogP contribution in [0.25, 0.3) is 5.57 Å². The molecule has 0 radical (unpaired) electrons. The molecule has 0 bridgehead atoms. The van der Waals surface area contributed by atoms with Crippen LogP contribution < -0.4 is 0 Å². The third-order valence-electron chi connectivity index (χ3n) is 2.56. The van der Waals surface area contributed by atoms with Crippen molar-refractivity contribution in [3.8, 4) is 0 Å². The summed E-state index contributed by atoms with van der Waals surface area (Å²) in [6.07, 6.45) is 0.